The first-order valence-corrected chi connectivity index (χ1v) is 7.61. The number of nitrogens with one attached hydrogen (secondary N) is 1. The Kier molecular flexibility index (Phi) is 7.04. The molecule has 5 heteroatoms. The van der Waals surface area contributed by atoms with Crippen molar-refractivity contribution in [3.63, 3.8) is 0 Å². The molecule has 1 fully saturated rings. The zero-order chi connectivity index (χ0) is 14.8. The van der Waals surface area contributed by atoms with Gasteiger partial charge in [0.15, 0.2) is 5.96 Å². The van der Waals surface area contributed by atoms with E-state index in [1.165, 1.54) is 5.56 Å². The van der Waals surface area contributed by atoms with Crippen molar-refractivity contribution >= 4 is 5.96 Å². The number of nitrogens with zero attached hydrogens (tertiary/aromatic N) is 1. The van der Waals surface area contributed by atoms with Crippen molar-refractivity contribution in [3.05, 3.63) is 35.9 Å². The van der Waals surface area contributed by atoms with Gasteiger partial charge in [0.25, 0.3) is 0 Å². The SMILES string of the molecule is NC(=NCCOCC1CCCO1)NCCc1ccccc1. The Balaban J connectivity index is 1.50. The van der Waals surface area contributed by atoms with Gasteiger partial charge in [-0.25, -0.2) is 0 Å². The van der Waals surface area contributed by atoms with Crippen LogP contribution < -0.4 is 11.1 Å². The molecule has 0 saturated carbocycles. The maximum atomic E-state index is 5.80. The van der Waals surface area contributed by atoms with Crippen LogP contribution in [-0.4, -0.2) is 45.0 Å². The largest absolute Gasteiger partial charge is 0.377 e. The van der Waals surface area contributed by atoms with Gasteiger partial charge in [-0.15, -0.1) is 0 Å². The van der Waals surface area contributed by atoms with Crippen LogP contribution in [0.1, 0.15) is 18.4 Å². The Morgan fingerprint density at radius 3 is 3.00 bits per heavy atom. The molecule has 1 saturated heterocycles. The van der Waals surface area contributed by atoms with Crippen molar-refractivity contribution in [1.29, 1.82) is 0 Å². The summed E-state index contributed by atoms with van der Waals surface area (Å²) in [6.45, 7) is 3.48. The van der Waals surface area contributed by atoms with E-state index in [-0.39, 0.29) is 6.10 Å². The van der Waals surface area contributed by atoms with Gasteiger partial charge in [-0.3, -0.25) is 4.99 Å². The minimum Gasteiger partial charge on any atom is -0.377 e. The summed E-state index contributed by atoms with van der Waals surface area (Å²) in [6.07, 6.45) is 3.46. The Labute approximate surface area is 126 Å². The van der Waals surface area contributed by atoms with Crippen molar-refractivity contribution in [3.8, 4) is 0 Å². The molecule has 0 spiro atoms. The molecule has 1 unspecified atom stereocenters. The second-order valence-corrected chi connectivity index (χ2v) is 5.14. The van der Waals surface area contributed by atoms with E-state index in [0.717, 1.165) is 32.4 Å². The molecule has 0 radical (unpaired) electrons. The lowest BCUT2D eigenvalue weighted by Gasteiger charge is -2.09. The van der Waals surface area contributed by atoms with Gasteiger partial charge in [-0.05, 0) is 24.8 Å². The molecule has 0 bridgehead atoms. The fourth-order valence-electron chi connectivity index (χ4n) is 2.26. The Morgan fingerprint density at radius 1 is 1.38 bits per heavy atom. The average molecular weight is 291 g/mol. The maximum absolute atomic E-state index is 5.80. The van der Waals surface area contributed by atoms with Gasteiger partial charge >= 0.3 is 0 Å². The van der Waals surface area contributed by atoms with Crippen molar-refractivity contribution in [2.75, 3.05) is 32.9 Å². The Bertz CT molecular complexity index is 417. The van der Waals surface area contributed by atoms with Gasteiger partial charge in [-0.1, -0.05) is 30.3 Å². The monoisotopic (exact) mass is 291 g/mol. The van der Waals surface area contributed by atoms with Crippen LogP contribution in [0.2, 0.25) is 0 Å². The molecular weight excluding hydrogens is 266 g/mol. The van der Waals surface area contributed by atoms with Gasteiger partial charge in [-0.2, -0.15) is 0 Å². The summed E-state index contributed by atoms with van der Waals surface area (Å²) < 4.78 is 11.0. The van der Waals surface area contributed by atoms with Crippen LogP contribution in [0.15, 0.2) is 35.3 Å². The van der Waals surface area contributed by atoms with E-state index in [2.05, 4.69) is 22.4 Å². The number of nitrogens with two attached hydrogens (primary N) is 1. The standard InChI is InChI=1S/C16H25N3O2/c17-16(18-9-8-14-5-2-1-3-6-14)19-10-12-20-13-15-7-4-11-21-15/h1-3,5-6,15H,4,7-13H2,(H3,17,18,19). The van der Waals surface area contributed by atoms with E-state index >= 15 is 0 Å². The number of benzene rings is 1. The zero-order valence-electron chi connectivity index (χ0n) is 12.5. The molecule has 1 aromatic carbocycles. The van der Waals surface area contributed by atoms with Crippen molar-refractivity contribution in [1.82, 2.24) is 5.32 Å². The first kappa shape index (κ1) is 15.8. The second-order valence-electron chi connectivity index (χ2n) is 5.14. The lowest BCUT2D eigenvalue weighted by molar-refractivity contribution is 0.0200. The van der Waals surface area contributed by atoms with E-state index in [9.17, 15) is 0 Å². The maximum Gasteiger partial charge on any atom is 0.188 e. The van der Waals surface area contributed by atoms with Gasteiger partial charge in [0.1, 0.15) is 0 Å². The van der Waals surface area contributed by atoms with Crippen molar-refractivity contribution in [2.45, 2.75) is 25.4 Å². The average Bonchev–Trinajstić information content (AvgIpc) is 3.01. The first-order chi connectivity index (χ1) is 10.3. The third-order valence-electron chi connectivity index (χ3n) is 3.41. The summed E-state index contributed by atoms with van der Waals surface area (Å²) in [4.78, 5) is 4.24. The van der Waals surface area contributed by atoms with Crippen LogP contribution in [0, 0.1) is 0 Å². The Hall–Kier alpha value is -1.59. The molecule has 3 N–H and O–H groups in total. The second kappa shape index (κ2) is 9.37. The molecule has 1 atom stereocenters. The van der Waals surface area contributed by atoms with E-state index in [4.69, 9.17) is 15.2 Å². The summed E-state index contributed by atoms with van der Waals surface area (Å²) in [6, 6.07) is 10.3. The highest BCUT2D eigenvalue weighted by Crippen LogP contribution is 2.11. The van der Waals surface area contributed by atoms with Gasteiger partial charge in [0, 0.05) is 13.2 Å². The van der Waals surface area contributed by atoms with E-state index in [0.29, 0.717) is 25.7 Å². The minimum absolute atomic E-state index is 0.273. The van der Waals surface area contributed by atoms with Crippen molar-refractivity contribution in [2.24, 2.45) is 10.7 Å². The van der Waals surface area contributed by atoms with E-state index in [1.54, 1.807) is 0 Å². The Morgan fingerprint density at radius 2 is 2.24 bits per heavy atom. The van der Waals surface area contributed by atoms with Gasteiger partial charge < -0.3 is 20.5 Å². The summed E-state index contributed by atoms with van der Waals surface area (Å²) >= 11 is 0. The predicted octanol–water partition coefficient (Wildman–Crippen LogP) is 1.33. The highest BCUT2D eigenvalue weighted by Gasteiger charge is 2.14. The van der Waals surface area contributed by atoms with Crippen LogP contribution in [0.5, 0.6) is 0 Å². The first-order valence-electron chi connectivity index (χ1n) is 7.61. The molecule has 116 valence electrons. The number of aliphatic imine (C=N–C) groups is 1. The van der Waals surface area contributed by atoms with Crippen LogP contribution in [-0.2, 0) is 15.9 Å². The van der Waals surface area contributed by atoms with E-state index < -0.39 is 0 Å². The summed E-state index contributed by atoms with van der Waals surface area (Å²) in [7, 11) is 0. The van der Waals surface area contributed by atoms with Gasteiger partial charge in [0.05, 0.1) is 25.9 Å². The lowest BCUT2D eigenvalue weighted by Crippen LogP contribution is -2.33. The summed E-state index contributed by atoms with van der Waals surface area (Å²) in [5.41, 5.74) is 7.09. The third kappa shape index (κ3) is 6.60. The molecule has 21 heavy (non-hydrogen) atoms. The number of rotatable bonds is 8. The van der Waals surface area contributed by atoms with Crippen LogP contribution in [0.25, 0.3) is 0 Å². The number of guanidine groups is 1. The fraction of sp³-hybridized carbons (Fsp3) is 0.562. The number of hydrogen-bond donors (Lipinski definition) is 2. The van der Waals surface area contributed by atoms with Gasteiger partial charge in [0.2, 0.25) is 0 Å². The highest BCUT2D eigenvalue weighted by atomic mass is 16.5. The van der Waals surface area contributed by atoms with E-state index in [1.807, 2.05) is 18.2 Å². The topological polar surface area (TPSA) is 68.9 Å². The molecule has 2 rings (SSSR count). The molecule has 0 aliphatic carbocycles. The molecule has 5 nitrogen and oxygen atoms in total. The fourth-order valence-corrected chi connectivity index (χ4v) is 2.26. The van der Waals surface area contributed by atoms with Crippen LogP contribution in [0.3, 0.4) is 0 Å². The third-order valence-corrected chi connectivity index (χ3v) is 3.41. The summed E-state index contributed by atoms with van der Waals surface area (Å²) in [5, 5.41) is 3.11. The number of hydrogen-bond acceptors (Lipinski definition) is 3. The lowest BCUT2D eigenvalue weighted by atomic mass is 10.1. The zero-order valence-corrected chi connectivity index (χ0v) is 12.5. The molecule has 0 aromatic heterocycles. The minimum atomic E-state index is 0.273. The molecule has 1 aromatic rings. The smallest absolute Gasteiger partial charge is 0.188 e. The van der Waals surface area contributed by atoms with Crippen LogP contribution in [0.4, 0.5) is 0 Å². The molecule has 0 amide bonds. The summed E-state index contributed by atoms with van der Waals surface area (Å²) in [5.74, 6) is 0.478. The molecule has 1 aliphatic heterocycles. The number of ether oxygens (including phenoxy) is 2. The van der Waals surface area contributed by atoms with Crippen LogP contribution >= 0.6 is 0 Å². The molecular formula is C16H25N3O2. The molecule has 1 aliphatic rings. The quantitative estimate of drug-likeness (QED) is 0.431. The normalized spacial score (nSPS) is 18.9. The molecule has 1 heterocycles. The van der Waals surface area contributed by atoms with Crippen molar-refractivity contribution < 1.29 is 9.47 Å². The highest BCUT2D eigenvalue weighted by molar-refractivity contribution is 5.77. The predicted molar refractivity (Wildman–Crippen MR) is 84.4 cm³/mol.